The number of carboxylic acids is 1. The molecule has 0 aromatic heterocycles. The SMILES string of the molecule is CCCNC(=O)CS(=O)(=O)c1ccc(F)c(C(=O)O)c1. The summed E-state index contributed by atoms with van der Waals surface area (Å²) in [7, 11) is -4.00. The van der Waals surface area contributed by atoms with Crippen molar-refractivity contribution in [1.29, 1.82) is 0 Å². The van der Waals surface area contributed by atoms with Crippen LogP contribution in [0.2, 0.25) is 0 Å². The Balaban J connectivity index is 3.01. The lowest BCUT2D eigenvalue weighted by atomic mass is 10.2. The first-order valence-corrected chi connectivity index (χ1v) is 7.45. The highest BCUT2D eigenvalue weighted by Crippen LogP contribution is 2.16. The molecule has 0 aliphatic carbocycles. The molecule has 0 saturated heterocycles. The van der Waals surface area contributed by atoms with Gasteiger partial charge in [0.05, 0.1) is 10.5 Å². The molecule has 0 saturated carbocycles. The first kappa shape index (κ1) is 16.1. The molecular formula is C12H14FNO5S. The van der Waals surface area contributed by atoms with Gasteiger partial charge < -0.3 is 10.4 Å². The van der Waals surface area contributed by atoms with Gasteiger partial charge in [0.15, 0.2) is 9.84 Å². The fourth-order valence-electron chi connectivity index (χ4n) is 1.43. The standard InChI is InChI=1S/C12H14FNO5S/c1-2-5-14-11(15)7-20(18,19)8-3-4-10(13)9(6-8)12(16)17/h3-4,6H,2,5,7H2,1H3,(H,14,15)(H,16,17). The van der Waals surface area contributed by atoms with Crippen LogP contribution in [0.1, 0.15) is 23.7 Å². The second kappa shape index (κ2) is 6.47. The summed E-state index contributed by atoms with van der Waals surface area (Å²) in [4.78, 5) is 21.7. The van der Waals surface area contributed by atoms with Crippen molar-refractivity contribution < 1.29 is 27.5 Å². The van der Waals surface area contributed by atoms with Crippen LogP contribution in [-0.2, 0) is 14.6 Å². The van der Waals surface area contributed by atoms with E-state index in [-0.39, 0.29) is 0 Å². The molecule has 110 valence electrons. The molecule has 8 heteroatoms. The van der Waals surface area contributed by atoms with E-state index in [9.17, 15) is 22.4 Å². The predicted octanol–water partition coefficient (Wildman–Crippen LogP) is 0.824. The molecule has 0 fully saturated rings. The molecular weight excluding hydrogens is 289 g/mol. The van der Waals surface area contributed by atoms with E-state index >= 15 is 0 Å². The van der Waals surface area contributed by atoms with Crippen LogP contribution in [0.4, 0.5) is 4.39 Å². The number of sulfone groups is 1. The first-order chi connectivity index (χ1) is 9.27. The predicted molar refractivity (Wildman–Crippen MR) is 68.7 cm³/mol. The smallest absolute Gasteiger partial charge is 0.338 e. The molecule has 0 spiro atoms. The minimum atomic E-state index is -4.00. The summed E-state index contributed by atoms with van der Waals surface area (Å²) in [5.41, 5.74) is -0.750. The minimum Gasteiger partial charge on any atom is -0.478 e. The Labute approximate surface area is 115 Å². The van der Waals surface area contributed by atoms with Crippen LogP contribution in [0.5, 0.6) is 0 Å². The Morgan fingerprint density at radius 3 is 2.55 bits per heavy atom. The molecule has 1 amide bonds. The highest BCUT2D eigenvalue weighted by Gasteiger charge is 2.22. The van der Waals surface area contributed by atoms with Gasteiger partial charge >= 0.3 is 5.97 Å². The molecule has 20 heavy (non-hydrogen) atoms. The van der Waals surface area contributed by atoms with Crippen molar-refractivity contribution >= 4 is 21.7 Å². The third-order valence-corrected chi connectivity index (χ3v) is 4.04. The number of carbonyl (C=O) groups excluding carboxylic acids is 1. The van der Waals surface area contributed by atoms with Gasteiger partial charge in [0.2, 0.25) is 5.91 Å². The Hall–Kier alpha value is -1.96. The van der Waals surface area contributed by atoms with Crippen molar-refractivity contribution in [3.05, 3.63) is 29.6 Å². The Morgan fingerprint density at radius 1 is 1.35 bits per heavy atom. The fourth-order valence-corrected chi connectivity index (χ4v) is 2.62. The monoisotopic (exact) mass is 303 g/mol. The third-order valence-electron chi connectivity index (χ3n) is 2.42. The molecule has 6 nitrogen and oxygen atoms in total. The van der Waals surface area contributed by atoms with Crippen LogP contribution in [0.25, 0.3) is 0 Å². The number of hydrogen-bond acceptors (Lipinski definition) is 4. The highest BCUT2D eigenvalue weighted by atomic mass is 32.2. The summed E-state index contributed by atoms with van der Waals surface area (Å²) < 4.78 is 37.0. The van der Waals surface area contributed by atoms with Crippen molar-refractivity contribution in [2.45, 2.75) is 18.2 Å². The number of benzene rings is 1. The highest BCUT2D eigenvalue weighted by molar-refractivity contribution is 7.92. The lowest BCUT2D eigenvalue weighted by Gasteiger charge is -2.06. The van der Waals surface area contributed by atoms with Crippen LogP contribution >= 0.6 is 0 Å². The van der Waals surface area contributed by atoms with E-state index in [0.29, 0.717) is 19.0 Å². The molecule has 0 aliphatic rings. The summed E-state index contributed by atoms with van der Waals surface area (Å²) >= 11 is 0. The summed E-state index contributed by atoms with van der Waals surface area (Å²) in [6.07, 6.45) is 0.658. The maximum absolute atomic E-state index is 13.2. The number of rotatable bonds is 6. The third kappa shape index (κ3) is 4.02. The van der Waals surface area contributed by atoms with Gasteiger partial charge in [-0.1, -0.05) is 6.92 Å². The molecule has 0 radical (unpaired) electrons. The van der Waals surface area contributed by atoms with Crippen LogP contribution in [0.3, 0.4) is 0 Å². The largest absolute Gasteiger partial charge is 0.478 e. The average molecular weight is 303 g/mol. The first-order valence-electron chi connectivity index (χ1n) is 5.80. The lowest BCUT2D eigenvalue weighted by Crippen LogP contribution is -2.30. The van der Waals surface area contributed by atoms with Crippen LogP contribution in [-0.4, -0.2) is 37.7 Å². The van der Waals surface area contributed by atoms with Crippen molar-refractivity contribution in [1.82, 2.24) is 5.32 Å². The number of nitrogens with one attached hydrogen (secondary N) is 1. The van der Waals surface area contributed by atoms with E-state index in [4.69, 9.17) is 5.11 Å². The Morgan fingerprint density at radius 2 is 2.00 bits per heavy atom. The maximum atomic E-state index is 13.2. The summed E-state index contributed by atoms with van der Waals surface area (Å²) in [6.45, 7) is 2.16. The lowest BCUT2D eigenvalue weighted by molar-refractivity contribution is -0.118. The zero-order valence-electron chi connectivity index (χ0n) is 10.7. The van der Waals surface area contributed by atoms with Crippen LogP contribution in [0.15, 0.2) is 23.1 Å². The molecule has 1 aromatic carbocycles. The Kier molecular flexibility index (Phi) is 5.20. The molecule has 0 aliphatic heterocycles. The zero-order chi connectivity index (χ0) is 15.3. The number of carbonyl (C=O) groups is 2. The van der Waals surface area contributed by atoms with Gasteiger partial charge in [0, 0.05) is 6.54 Å². The van der Waals surface area contributed by atoms with Gasteiger partial charge in [-0.15, -0.1) is 0 Å². The summed E-state index contributed by atoms with van der Waals surface area (Å²) in [6, 6.07) is 2.39. The van der Waals surface area contributed by atoms with E-state index in [1.165, 1.54) is 0 Å². The Bertz CT molecular complexity index is 627. The molecule has 1 aromatic rings. The van der Waals surface area contributed by atoms with Crippen LogP contribution < -0.4 is 5.32 Å². The number of carboxylic acid groups (broad SMARTS) is 1. The van der Waals surface area contributed by atoms with Crippen molar-refractivity contribution in [3.8, 4) is 0 Å². The fraction of sp³-hybridized carbons (Fsp3) is 0.333. The van der Waals surface area contributed by atoms with Gasteiger partial charge in [-0.3, -0.25) is 4.79 Å². The van der Waals surface area contributed by atoms with E-state index in [1.807, 2.05) is 6.92 Å². The molecule has 1 rings (SSSR count). The van der Waals surface area contributed by atoms with Crippen molar-refractivity contribution in [2.24, 2.45) is 0 Å². The van der Waals surface area contributed by atoms with Crippen LogP contribution in [0, 0.1) is 5.82 Å². The molecule has 0 heterocycles. The molecule has 2 N–H and O–H groups in total. The average Bonchev–Trinajstić information content (AvgIpc) is 2.35. The quantitative estimate of drug-likeness (QED) is 0.758. The van der Waals surface area contributed by atoms with Crippen molar-refractivity contribution in [2.75, 3.05) is 12.3 Å². The summed E-state index contributed by atoms with van der Waals surface area (Å²) in [5.74, 6) is -4.10. The number of aromatic carboxylic acids is 1. The normalized spacial score (nSPS) is 11.1. The molecule has 0 atom stereocenters. The van der Waals surface area contributed by atoms with Gasteiger partial charge in [0.1, 0.15) is 11.6 Å². The van der Waals surface area contributed by atoms with E-state index in [0.717, 1.165) is 12.1 Å². The van der Waals surface area contributed by atoms with Gasteiger partial charge in [-0.05, 0) is 24.6 Å². The van der Waals surface area contributed by atoms with Crippen molar-refractivity contribution in [3.63, 3.8) is 0 Å². The summed E-state index contributed by atoms with van der Waals surface area (Å²) in [5, 5.41) is 11.1. The second-order valence-corrected chi connectivity index (χ2v) is 6.05. The van der Waals surface area contributed by atoms with Gasteiger partial charge in [-0.2, -0.15) is 0 Å². The number of hydrogen-bond donors (Lipinski definition) is 2. The van der Waals surface area contributed by atoms with Gasteiger partial charge in [0.25, 0.3) is 0 Å². The minimum absolute atomic E-state index is 0.345. The van der Waals surface area contributed by atoms with E-state index in [1.54, 1.807) is 0 Å². The molecule has 0 unspecified atom stereocenters. The van der Waals surface area contributed by atoms with Gasteiger partial charge in [-0.25, -0.2) is 17.6 Å². The number of halogens is 1. The number of amides is 1. The second-order valence-electron chi connectivity index (χ2n) is 4.06. The maximum Gasteiger partial charge on any atom is 0.338 e. The van der Waals surface area contributed by atoms with E-state index in [2.05, 4.69) is 5.32 Å². The van der Waals surface area contributed by atoms with E-state index < -0.39 is 43.7 Å². The molecule has 0 bridgehead atoms. The topological polar surface area (TPSA) is 101 Å². The zero-order valence-corrected chi connectivity index (χ0v) is 11.5.